The average Bonchev–Trinajstić information content (AvgIpc) is 3.09. The maximum absolute atomic E-state index is 14.8. The molecule has 0 aliphatic rings. The number of halogens is 2. The molecule has 0 atom stereocenters. The van der Waals surface area contributed by atoms with Crippen LogP contribution in [0.1, 0.15) is 0 Å². The van der Waals surface area contributed by atoms with Crippen LogP contribution in [0, 0.1) is 5.82 Å². The van der Waals surface area contributed by atoms with Crippen molar-refractivity contribution in [2.45, 2.75) is 0 Å². The molecule has 7 nitrogen and oxygen atoms in total. The second-order valence-electron chi connectivity index (χ2n) is 5.85. The largest absolute Gasteiger partial charge is 0.368 e. The van der Waals surface area contributed by atoms with Gasteiger partial charge in [-0.15, -0.1) is 0 Å². The quantitative estimate of drug-likeness (QED) is 0.456. The monoisotopic (exact) mass is 383 g/mol. The zero-order valence-corrected chi connectivity index (χ0v) is 15.0. The summed E-state index contributed by atoms with van der Waals surface area (Å²) in [5.41, 5.74) is 8.10. The summed E-state index contributed by atoms with van der Waals surface area (Å²) in [6.07, 6.45) is 3.48. The number of H-pyrrole nitrogens is 1. The van der Waals surface area contributed by atoms with E-state index in [-0.39, 0.29) is 11.1 Å². The van der Waals surface area contributed by atoms with Crippen LogP contribution in [0.3, 0.4) is 0 Å². The topological polar surface area (TPSA) is 95.8 Å². The van der Waals surface area contributed by atoms with Gasteiger partial charge in [-0.1, -0.05) is 11.6 Å². The van der Waals surface area contributed by atoms with Crippen molar-refractivity contribution in [3.8, 4) is 0 Å². The summed E-state index contributed by atoms with van der Waals surface area (Å²) in [7, 11) is 1.80. The van der Waals surface area contributed by atoms with Crippen LogP contribution < -0.4 is 16.0 Å². The average molecular weight is 384 g/mol. The first-order valence-electron chi connectivity index (χ1n) is 8.04. The number of rotatable bonds is 4. The molecule has 4 aromatic rings. The summed E-state index contributed by atoms with van der Waals surface area (Å²) in [6, 6.07) is 10.1. The van der Waals surface area contributed by atoms with Gasteiger partial charge in [-0.05, 0) is 30.3 Å². The molecule has 0 saturated carbocycles. The lowest BCUT2D eigenvalue weighted by atomic mass is 10.2. The third kappa shape index (κ3) is 3.34. The van der Waals surface area contributed by atoms with Crippen LogP contribution in [0.15, 0.2) is 48.8 Å². The molecule has 27 heavy (non-hydrogen) atoms. The third-order valence-electron chi connectivity index (χ3n) is 4.09. The van der Waals surface area contributed by atoms with E-state index in [0.29, 0.717) is 17.2 Å². The van der Waals surface area contributed by atoms with Gasteiger partial charge in [-0.3, -0.25) is 0 Å². The number of pyridine rings is 1. The van der Waals surface area contributed by atoms with Crippen molar-refractivity contribution in [1.82, 2.24) is 19.9 Å². The van der Waals surface area contributed by atoms with E-state index in [4.69, 9.17) is 17.3 Å². The van der Waals surface area contributed by atoms with Gasteiger partial charge in [0.25, 0.3) is 0 Å². The number of benzene rings is 1. The van der Waals surface area contributed by atoms with E-state index in [9.17, 15) is 4.39 Å². The number of nitrogens with two attached hydrogens (primary N) is 1. The maximum atomic E-state index is 14.8. The van der Waals surface area contributed by atoms with E-state index >= 15 is 0 Å². The summed E-state index contributed by atoms with van der Waals surface area (Å²) >= 11 is 5.86. The molecule has 4 rings (SSSR count). The van der Waals surface area contributed by atoms with Gasteiger partial charge in [0.2, 0.25) is 5.95 Å². The lowest BCUT2D eigenvalue weighted by Gasteiger charge is -2.21. The minimum Gasteiger partial charge on any atom is -0.368 e. The predicted octanol–water partition coefficient (Wildman–Crippen LogP) is 4.24. The third-order valence-corrected chi connectivity index (χ3v) is 4.29. The molecule has 0 fully saturated rings. The normalized spacial score (nSPS) is 10.9. The lowest BCUT2D eigenvalue weighted by molar-refractivity contribution is 0.628. The molecular formula is C18H15ClFN7. The van der Waals surface area contributed by atoms with E-state index in [1.807, 2.05) is 12.1 Å². The Morgan fingerprint density at radius 3 is 2.78 bits per heavy atom. The van der Waals surface area contributed by atoms with Gasteiger partial charge in [-0.2, -0.15) is 4.98 Å². The van der Waals surface area contributed by atoms with Crippen LogP contribution in [0.5, 0.6) is 0 Å². The van der Waals surface area contributed by atoms with E-state index in [0.717, 1.165) is 16.7 Å². The second-order valence-corrected chi connectivity index (χ2v) is 6.24. The number of hydrogen-bond acceptors (Lipinski definition) is 6. The first-order chi connectivity index (χ1) is 13.0. The highest BCUT2D eigenvalue weighted by Gasteiger charge is 2.14. The van der Waals surface area contributed by atoms with Gasteiger partial charge in [0, 0.05) is 36.6 Å². The van der Waals surface area contributed by atoms with Crippen molar-refractivity contribution in [1.29, 1.82) is 0 Å². The number of nitrogens with one attached hydrogen (secondary N) is 2. The molecule has 0 radical (unpaired) electrons. The molecule has 3 aromatic heterocycles. The van der Waals surface area contributed by atoms with Gasteiger partial charge in [0.15, 0.2) is 0 Å². The molecule has 0 amide bonds. The Morgan fingerprint density at radius 1 is 1.15 bits per heavy atom. The second kappa shape index (κ2) is 6.73. The zero-order valence-electron chi connectivity index (χ0n) is 14.2. The minimum atomic E-state index is -0.392. The van der Waals surface area contributed by atoms with Crippen LogP contribution in [0.4, 0.5) is 33.2 Å². The number of aromatic nitrogens is 4. The van der Waals surface area contributed by atoms with Crippen LogP contribution in [-0.2, 0) is 0 Å². The molecule has 4 N–H and O–H groups in total. The lowest BCUT2D eigenvalue weighted by Crippen LogP contribution is -2.12. The first kappa shape index (κ1) is 17.0. The van der Waals surface area contributed by atoms with Gasteiger partial charge in [0.1, 0.15) is 22.4 Å². The van der Waals surface area contributed by atoms with Gasteiger partial charge < -0.3 is 20.9 Å². The van der Waals surface area contributed by atoms with E-state index in [2.05, 4.69) is 25.3 Å². The molecule has 1 aromatic carbocycles. The first-order valence-corrected chi connectivity index (χ1v) is 8.41. The Bertz CT molecular complexity index is 1110. The van der Waals surface area contributed by atoms with Crippen LogP contribution >= 0.6 is 11.6 Å². The fourth-order valence-electron chi connectivity index (χ4n) is 2.87. The van der Waals surface area contributed by atoms with Crippen molar-refractivity contribution in [2.75, 3.05) is 23.0 Å². The van der Waals surface area contributed by atoms with Crippen molar-refractivity contribution in [3.63, 3.8) is 0 Å². The molecule has 3 heterocycles. The predicted molar refractivity (Wildman–Crippen MR) is 105 cm³/mol. The summed E-state index contributed by atoms with van der Waals surface area (Å²) in [4.78, 5) is 16.9. The van der Waals surface area contributed by atoms with Crippen LogP contribution in [-0.4, -0.2) is 27.0 Å². The Labute approximate surface area is 159 Å². The van der Waals surface area contributed by atoms with Gasteiger partial charge in [-0.25, -0.2) is 14.4 Å². The van der Waals surface area contributed by atoms with Crippen molar-refractivity contribution in [3.05, 3.63) is 59.8 Å². The Hall–Kier alpha value is -3.39. The molecule has 0 bridgehead atoms. The Morgan fingerprint density at radius 2 is 2.00 bits per heavy atom. The molecule has 0 saturated heterocycles. The summed E-state index contributed by atoms with van der Waals surface area (Å²) in [5, 5.41) is 4.08. The number of fused-ring (bicyclic) bond motifs is 1. The molecule has 0 aliphatic carbocycles. The molecule has 0 spiro atoms. The fraction of sp³-hybridized carbons (Fsp3) is 0.0556. The minimum absolute atomic E-state index is 0.0371. The molecule has 0 unspecified atom stereocenters. The summed E-state index contributed by atoms with van der Waals surface area (Å²) in [6.45, 7) is 0. The number of nitrogens with zero attached hydrogens (tertiary/aromatic N) is 4. The van der Waals surface area contributed by atoms with Gasteiger partial charge >= 0.3 is 0 Å². The van der Waals surface area contributed by atoms with Crippen molar-refractivity contribution in [2.24, 2.45) is 0 Å². The van der Waals surface area contributed by atoms with E-state index in [1.165, 1.54) is 12.1 Å². The summed E-state index contributed by atoms with van der Waals surface area (Å²) in [5.74, 6) is 0.0299. The standard InChI is InChI=1S/C18H15ClFN7/c1-27(13-5-7-23-17-11(13)4-6-22-17)14-3-2-10(8-12(14)20)24-16-9-15(19)25-18(21)26-16/h2-9H,1H3,(H,22,23)(H3,21,24,25,26). The highest BCUT2D eigenvalue weighted by Crippen LogP contribution is 2.32. The molecule has 9 heteroatoms. The molecule has 136 valence electrons. The Kier molecular flexibility index (Phi) is 4.25. The summed E-state index contributed by atoms with van der Waals surface area (Å²) < 4.78 is 14.8. The maximum Gasteiger partial charge on any atom is 0.223 e. The van der Waals surface area contributed by atoms with E-state index < -0.39 is 5.82 Å². The van der Waals surface area contributed by atoms with Crippen molar-refractivity contribution < 1.29 is 4.39 Å². The fourth-order valence-corrected chi connectivity index (χ4v) is 3.06. The number of nitrogen functional groups attached to an aromatic ring is 1. The zero-order chi connectivity index (χ0) is 19.0. The van der Waals surface area contributed by atoms with Crippen LogP contribution in [0.25, 0.3) is 11.0 Å². The SMILES string of the molecule is CN(c1ccc(Nc2cc(Cl)nc(N)n2)cc1F)c1ccnc2[nH]ccc12. The smallest absolute Gasteiger partial charge is 0.223 e. The number of anilines is 5. The number of aromatic amines is 1. The van der Waals surface area contributed by atoms with E-state index in [1.54, 1.807) is 36.5 Å². The van der Waals surface area contributed by atoms with Gasteiger partial charge in [0.05, 0.1) is 11.4 Å². The highest BCUT2D eigenvalue weighted by atomic mass is 35.5. The Balaban J connectivity index is 1.64. The van der Waals surface area contributed by atoms with Crippen molar-refractivity contribution >= 4 is 51.5 Å². The number of hydrogen-bond donors (Lipinski definition) is 3. The van der Waals surface area contributed by atoms with Crippen LogP contribution in [0.2, 0.25) is 5.15 Å². The molecular weight excluding hydrogens is 369 g/mol. The highest BCUT2D eigenvalue weighted by molar-refractivity contribution is 6.29. The molecule has 0 aliphatic heterocycles.